The van der Waals surface area contributed by atoms with Crippen LogP contribution in [0.2, 0.25) is 0 Å². The van der Waals surface area contributed by atoms with E-state index in [9.17, 15) is 0 Å². The molecular formula is C55H99NO5. The van der Waals surface area contributed by atoms with E-state index >= 15 is 0 Å². The highest BCUT2D eigenvalue weighted by atomic mass is 16.7. The molecule has 3 saturated carbocycles. The van der Waals surface area contributed by atoms with Crippen LogP contribution in [0.5, 0.6) is 0 Å². The quantitative estimate of drug-likeness (QED) is 0.0389. The molecule has 0 bridgehead atoms. The van der Waals surface area contributed by atoms with E-state index in [2.05, 4.69) is 84.2 Å². The summed E-state index contributed by atoms with van der Waals surface area (Å²) in [6.07, 6.45) is 42.4. The van der Waals surface area contributed by atoms with E-state index in [1.165, 1.54) is 128 Å². The van der Waals surface area contributed by atoms with Crippen LogP contribution in [-0.4, -0.2) is 71.7 Å². The predicted molar refractivity (Wildman–Crippen MR) is 258 cm³/mol. The second-order valence-electron chi connectivity index (χ2n) is 20.9. The molecule has 0 saturated heterocycles. The molecule has 1 unspecified atom stereocenters. The molecule has 354 valence electrons. The summed E-state index contributed by atoms with van der Waals surface area (Å²) in [5, 5.41) is 3.40. The van der Waals surface area contributed by atoms with Crippen molar-refractivity contribution in [1.29, 1.82) is 0 Å². The summed E-state index contributed by atoms with van der Waals surface area (Å²) in [6.45, 7) is 22.8. The van der Waals surface area contributed by atoms with Crippen LogP contribution in [0.3, 0.4) is 0 Å². The van der Waals surface area contributed by atoms with Gasteiger partial charge in [0.25, 0.3) is 0 Å². The third kappa shape index (κ3) is 18.1. The number of unbranched alkanes of at least 4 members (excludes halogenated alkanes) is 9. The maximum Gasteiger partial charge on any atom is 0.146 e. The minimum Gasteiger partial charge on any atom is -0.377 e. The zero-order valence-electron chi connectivity index (χ0n) is 41.2. The van der Waals surface area contributed by atoms with E-state index in [1.807, 2.05) is 0 Å². The van der Waals surface area contributed by atoms with Crippen LogP contribution in [0.1, 0.15) is 196 Å². The number of ether oxygens (including phenoxy) is 5. The second-order valence-corrected chi connectivity index (χ2v) is 20.9. The fraction of sp³-hybridized carbons (Fsp3) is 0.891. The van der Waals surface area contributed by atoms with Gasteiger partial charge in [0.2, 0.25) is 0 Å². The molecule has 1 N–H and O–H groups in total. The topological polar surface area (TPSA) is 58.2 Å². The highest BCUT2D eigenvalue weighted by Gasteiger charge is 2.59. The minimum atomic E-state index is -0.0127. The van der Waals surface area contributed by atoms with Gasteiger partial charge in [-0.1, -0.05) is 142 Å². The summed E-state index contributed by atoms with van der Waals surface area (Å²) in [7, 11) is 0. The highest BCUT2D eigenvalue weighted by molar-refractivity contribution is 5.25. The van der Waals surface area contributed by atoms with Crippen LogP contribution >= 0.6 is 0 Å². The predicted octanol–water partition coefficient (Wildman–Crippen LogP) is 14.2. The smallest absolute Gasteiger partial charge is 0.146 e. The fourth-order valence-electron chi connectivity index (χ4n) is 12.4. The van der Waals surface area contributed by atoms with Crippen molar-refractivity contribution >= 4 is 0 Å². The molecule has 9 atom stereocenters. The summed E-state index contributed by atoms with van der Waals surface area (Å²) in [4.78, 5) is 0. The molecule has 0 aromatic rings. The minimum absolute atomic E-state index is 0.0127. The van der Waals surface area contributed by atoms with Crippen LogP contribution < -0.4 is 5.32 Å². The van der Waals surface area contributed by atoms with Gasteiger partial charge in [-0.05, 0) is 143 Å². The second kappa shape index (κ2) is 30.2. The molecule has 0 aliphatic heterocycles. The lowest BCUT2D eigenvalue weighted by molar-refractivity contribution is -0.0990. The molecule has 0 spiro atoms. The SMILES string of the molecule is CCCCCC=CCC=CCCCCCCCCOCOCC(CNCC)OCCOCCO[C@H]1CC[C@@]2(C)C(=CC[C@H]3[C@@H]4CC[C@H]([C@H](C)CCCC(C)C)[C@@]4(C)CC[C@@H]32)C1. The average Bonchev–Trinajstić information content (AvgIpc) is 3.61. The van der Waals surface area contributed by atoms with Crippen molar-refractivity contribution in [3.63, 3.8) is 0 Å². The number of fused-ring (bicyclic) bond motifs is 5. The van der Waals surface area contributed by atoms with Gasteiger partial charge in [0.15, 0.2) is 0 Å². The molecule has 6 nitrogen and oxygen atoms in total. The molecule has 61 heavy (non-hydrogen) atoms. The Labute approximate surface area is 377 Å². The van der Waals surface area contributed by atoms with Crippen LogP contribution in [0.4, 0.5) is 0 Å². The monoisotopic (exact) mass is 854 g/mol. The maximum atomic E-state index is 6.46. The first kappa shape index (κ1) is 52.6. The van der Waals surface area contributed by atoms with Gasteiger partial charge in [0.05, 0.1) is 45.2 Å². The van der Waals surface area contributed by atoms with Crippen molar-refractivity contribution < 1.29 is 23.7 Å². The van der Waals surface area contributed by atoms with Gasteiger partial charge in [-0.3, -0.25) is 0 Å². The normalized spacial score (nSPS) is 28.7. The van der Waals surface area contributed by atoms with Gasteiger partial charge in [-0.2, -0.15) is 0 Å². The van der Waals surface area contributed by atoms with Crippen molar-refractivity contribution in [2.45, 2.75) is 208 Å². The summed E-state index contributed by atoms with van der Waals surface area (Å²) in [5.74, 6) is 5.33. The summed E-state index contributed by atoms with van der Waals surface area (Å²) < 4.78 is 30.2. The van der Waals surface area contributed by atoms with Crippen molar-refractivity contribution in [2.75, 3.05) is 59.5 Å². The lowest BCUT2D eigenvalue weighted by atomic mass is 9.47. The third-order valence-electron chi connectivity index (χ3n) is 16.0. The molecule has 6 heteroatoms. The van der Waals surface area contributed by atoms with Gasteiger partial charge in [0.1, 0.15) is 6.79 Å². The van der Waals surface area contributed by atoms with Crippen molar-refractivity contribution in [2.24, 2.45) is 46.3 Å². The largest absolute Gasteiger partial charge is 0.377 e. The number of hydrogen-bond donors (Lipinski definition) is 1. The van der Waals surface area contributed by atoms with Crippen molar-refractivity contribution in [3.05, 3.63) is 36.0 Å². The number of hydrogen-bond acceptors (Lipinski definition) is 6. The zero-order chi connectivity index (χ0) is 43.6. The zero-order valence-corrected chi connectivity index (χ0v) is 41.2. The van der Waals surface area contributed by atoms with Gasteiger partial charge < -0.3 is 29.0 Å². The maximum absolute atomic E-state index is 6.46. The van der Waals surface area contributed by atoms with Gasteiger partial charge >= 0.3 is 0 Å². The first-order chi connectivity index (χ1) is 29.7. The van der Waals surface area contributed by atoms with Crippen molar-refractivity contribution in [1.82, 2.24) is 5.32 Å². The first-order valence-corrected chi connectivity index (χ1v) is 26.4. The van der Waals surface area contributed by atoms with E-state index in [0.29, 0.717) is 56.8 Å². The Bertz CT molecular complexity index is 1220. The number of likely N-dealkylation sites (N-methyl/N-ethyl adjacent to an activating group) is 1. The molecule has 3 fully saturated rings. The summed E-state index contributed by atoms with van der Waals surface area (Å²) >= 11 is 0. The standard InChI is InChI=1S/C55H99NO5/c1-8-10-11-12-13-14-15-16-17-18-19-20-21-22-23-24-36-58-44-59-43-49(42-56-9-2)61-40-38-57-37-39-60-48-32-34-54(6)47(41-48)28-29-50-52-31-30-51(46(5)27-25-26-45(3)4)55(52,7)35-33-53(50)54/h13-14,16-17,28,45-46,48-53,56H,8-12,15,18-27,29-44H2,1-7H3/t46-,48+,49?,50+,51-,52+,53+,54+,55-/m1/s1. The Hall–Kier alpha value is -1.02. The molecule has 4 aliphatic carbocycles. The Morgan fingerprint density at radius 3 is 2.25 bits per heavy atom. The molecule has 0 aromatic heterocycles. The molecule has 0 heterocycles. The molecular weight excluding hydrogens is 755 g/mol. The molecule has 4 rings (SSSR count). The Morgan fingerprint density at radius 1 is 0.721 bits per heavy atom. The van der Waals surface area contributed by atoms with Gasteiger partial charge in [-0.15, -0.1) is 0 Å². The molecule has 0 aromatic carbocycles. The van der Waals surface area contributed by atoms with Crippen LogP contribution in [0.25, 0.3) is 0 Å². The van der Waals surface area contributed by atoms with Crippen LogP contribution in [0.15, 0.2) is 36.0 Å². The van der Waals surface area contributed by atoms with Crippen LogP contribution in [-0.2, 0) is 23.7 Å². The van der Waals surface area contributed by atoms with E-state index in [1.54, 1.807) is 5.57 Å². The fourth-order valence-corrected chi connectivity index (χ4v) is 12.4. The molecule has 0 amide bonds. The van der Waals surface area contributed by atoms with Crippen molar-refractivity contribution in [3.8, 4) is 0 Å². The van der Waals surface area contributed by atoms with E-state index in [-0.39, 0.29) is 6.10 Å². The van der Waals surface area contributed by atoms with Gasteiger partial charge in [0, 0.05) is 13.2 Å². The van der Waals surface area contributed by atoms with E-state index in [0.717, 1.165) is 74.5 Å². The van der Waals surface area contributed by atoms with E-state index in [4.69, 9.17) is 23.7 Å². The Morgan fingerprint density at radius 2 is 1.48 bits per heavy atom. The number of rotatable bonds is 35. The number of nitrogens with one attached hydrogen (secondary N) is 1. The summed E-state index contributed by atoms with van der Waals surface area (Å²) in [5.41, 5.74) is 2.65. The highest BCUT2D eigenvalue weighted by Crippen LogP contribution is 2.67. The Kier molecular flexibility index (Phi) is 26.1. The Balaban J connectivity index is 0.997. The molecule has 4 aliphatic rings. The average molecular weight is 854 g/mol. The lowest BCUT2D eigenvalue weighted by Crippen LogP contribution is -2.51. The first-order valence-electron chi connectivity index (χ1n) is 26.4. The lowest BCUT2D eigenvalue weighted by Gasteiger charge is -2.58. The third-order valence-corrected chi connectivity index (χ3v) is 16.0. The number of allylic oxidation sites excluding steroid dienone is 5. The van der Waals surface area contributed by atoms with Crippen LogP contribution in [0, 0.1) is 46.3 Å². The summed E-state index contributed by atoms with van der Waals surface area (Å²) in [6, 6.07) is 0. The molecule has 0 radical (unpaired) electrons. The van der Waals surface area contributed by atoms with E-state index < -0.39 is 0 Å². The van der Waals surface area contributed by atoms with Gasteiger partial charge in [-0.25, -0.2) is 0 Å².